The molecule has 0 spiro atoms. The topological polar surface area (TPSA) is 43.1 Å². The van der Waals surface area contributed by atoms with Crippen LogP contribution >= 0.6 is 23.2 Å². The summed E-state index contributed by atoms with van der Waals surface area (Å²) in [7, 11) is 0. The van der Waals surface area contributed by atoms with E-state index in [2.05, 4.69) is 0 Å². The summed E-state index contributed by atoms with van der Waals surface area (Å²) in [5.74, 6) is -0.680. The van der Waals surface area contributed by atoms with Crippen LogP contribution in [0.2, 0.25) is 10.0 Å². The number of halogens is 3. The molecule has 98 valence electrons. The van der Waals surface area contributed by atoms with Gasteiger partial charge in [-0.3, -0.25) is 4.79 Å². The van der Waals surface area contributed by atoms with Gasteiger partial charge in [0.1, 0.15) is 5.82 Å². The second kappa shape index (κ2) is 5.59. The quantitative estimate of drug-likeness (QED) is 0.683. The lowest BCUT2D eigenvalue weighted by Gasteiger charge is -2.06. The van der Waals surface area contributed by atoms with Crippen molar-refractivity contribution < 1.29 is 9.18 Å². The van der Waals surface area contributed by atoms with E-state index in [-0.39, 0.29) is 17.2 Å². The second-order valence-electron chi connectivity index (χ2n) is 4.08. The van der Waals surface area contributed by atoms with Gasteiger partial charge >= 0.3 is 0 Å². The van der Waals surface area contributed by atoms with Crippen LogP contribution in [-0.4, -0.2) is 5.78 Å². The zero-order chi connectivity index (χ0) is 14.0. The van der Waals surface area contributed by atoms with E-state index in [9.17, 15) is 9.18 Å². The number of hydrogen-bond donors (Lipinski definition) is 1. The molecule has 2 N–H and O–H groups in total. The predicted octanol–water partition coefficient (Wildman–Crippen LogP) is 4.14. The van der Waals surface area contributed by atoms with Gasteiger partial charge in [0.15, 0.2) is 5.78 Å². The summed E-state index contributed by atoms with van der Waals surface area (Å²) in [5.41, 5.74) is 7.09. The zero-order valence-corrected chi connectivity index (χ0v) is 11.3. The lowest BCUT2D eigenvalue weighted by Crippen LogP contribution is -2.07. The normalized spacial score (nSPS) is 10.5. The van der Waals surface area contributed by atoms with Crippen LogP contribution in [0.5, 0.6) is 0 Å². The third-order valence-electron chi connectivity index (χ3n) is 2.66. The molecule has 19 heavy (non-hydrogen) atoms. The number of nitrogen functional groups attached to an aromatic ring is 1. The van der Waals surface area contributed by atoms with Gasteiger partial charge in [0.25, 0.3) is 0 Å². The van der Waals surface area contributed by atoms with Gasteiger partial charge in [-0.05, 0) is 35.9 Å². The molecule has 0 bridgehead atoms. The fraction of sp³-hybridized carbons (Fsp3) is 0.0714. The Balaban J connectivity index is 2.23. The van der Waals surface area contributed by atoms with E-state index < -0.39 is 5.82 Å². The monoisotopic (exact) mass is 297 g/mol. The second-order valence-corrected chi connectivity index (χ2v) is 4.92. The van der Waals surface area contributed by atoms with E-state index in [1.807, 2.05) is 0 Å². The summed E-state index contributed by atoms with van der Waals surface area (Å²) in [4.78, 5) is 12.1. The summed E-state index contributed by atoms with van der Waals surface area (Å²) in [6, 6.07) is 8.88. The highest BCUT2D eigenvalue weighted by atomic mass is 35.5. The average molecular weight is 298 g/mol. The van der Waals surface area contributed by atoms with Gasteiger partial charge < -0.3 is 5.73 Å². The molecule has 0 fully saturated rings. The van der Waals surface area contributed by atoms with Crippen molar-refractivity contribution in [3.8, 4) is 0 Å². The van der Waals surface area contributed by atoms with Crippen LogP contribution in [0, 0.1) is 5.82 Å². The summed E-state index contributed by atoms with van der Waals surface area (Å²) in [6.07, 6.45) is 0.103. The predicted molar refractivity (Wildman–Crippen MR) is 75.3 cm³/mol. The first-order chi connectivity index (χ1) is 8.97. The number of anilines is 1. The minimum Gasteiger partial charge on any atom is -0.398 e. The highest BCUT2D eigenvalue weighted by Crippen LogP contribution is 2.21. The Labute approximate surface area is 119 Å². The zero-order valence-electron chi connectivity index (χ0n) is 9.79. The SMILES string of the molecule is Nc1cc(Cl)ccc1C(=O)Cc1ccc(F)c(Cl)c1. The van der Waals surface area contributed by atoms with Crippen molar-refractivity contribution in [2.24, 2.45) is 0 Å². The first-order valence-electron chi connectivity index (χ1n) is 5.49. The van der Waals surface area contributed by atoms with E-state index in [1.165, 1.54) is 24.3 Å². The van der Waals surface area contributed by atoms with Crippen LogP contribution in [0.15, 0.2) is 36.4 Å². The standard InChI is InChI=1S/C14H10Cl2FNO/c15-9-2-3-10(13(18)7-9)14(19)6-8-1-4-12(17)11(16)5-8/h1-5,7H,6,18H2. The minimum atomic E-state index is -0.510. The van der Waals surface area contributed by atoms with Gasteiger partial charge in [0, 0.05) is 22.7 Å². The number of nitrogens with two attached hydrogens (primary N) is 1. The Morgan fingerprint density at radius 3 is 2.53 bits per heavy atom. The molecule has 0 saturated heterocycles. The smallest absolute Gasteiger partial charge is 0.169 e. The number of rotatable bonds is 3. The molecule has 0 aliphatic heterocycles. The molecule has 0 radical (unpaired) electrons. The van der Waals surface area contributed by atoms with Gasteiger partial charge in [0.05, 0.1) is 5.02 Å². The van der Waals surface area contributed by atoms with Crippen molar-refractivity contribution in [1.82, 2.24) is 0 Å². The summed E-state index contributed by atoms with van der Waals surface area (Å²) in [6.45, 7) is 0. The molecule has 0 heterocycles. The van der Waals surface area contributed by atoms with E-state index in [0.717, 1.165) is 0 Å². The largest absolute Gasteiger partial charge is 0.398 e. The van der Waals surface area contributed by atoms with Crippen LogP contribution < -0.4 is 5.73 Å². The maximum atomic E-state index is 13.0. The third kappa shape index (κ3) is 3.25. The molecular formula is C14H10Cl2FNO. The van der Waals surface area contributed by atoms with Crippen LogP contribution in [0.1, 0.15) is 15.9 Å². The van der Waals surface area contributed by atoms with Crippen molar-refractivity contribution in [3.05, 3.63) is 63.4 Å². The number of hydrogen-bond acceptors (Lipinski definition) is 2. The third-order valence-corrected chi connectivity index (χ3v) is 3.19. The summed E-state index contributed by atoms with van der Waals surface area (Å²) < 4.78 is 13.0. The molecular weight excluding hydrogens is 288 g/mol. The van der Waals surface area contributed by atoms with E-state index >= 15 is 0 Å². The van der Waals surface area contributed by atoms with Gasteiger partial charge in [0.2, 0.25) is 0 Å². The fourth-order valence-corrected chi connectivity index (χ4v) is 2.10. The Bertz CT molecular complexity index is 643. The molecule has 0 aliphatic carbocycles. The first-order valence-corrected chi connectivity index (χ1v) is 6.25. The summed E-state index contributed by atoms with van der Waals surface area (Å²) in [5, 5.41) is 0.466. The summed E-state index contributed by atoms with van der Waals surface area (Å²) >= 11 is 11.4. The lowest BCUT2D eigenvalue weighted by atomic mass is 10.0. The number of benzene rings is 2. The highest BCUT2D eigenvalue weighted by molar-refractivity contribution is 6.31. The van der Waals surface area contributed by atoms with Crippen LogP contribution in [0.3, 0.4) is 0 Å². The number of carbonyl (C=O) groups is 1. The van der Waals surface area contributed by atoms with Gasteiger partial charge in [-0.15, -0.1) is 0 Å². The highest BCUT2D eigenvalue weighted by Gasteiger charge is 2.12. The molecule has 2 nitrogen and oxygen atoms in total. The fourth-order valence-electron chi connectivity index (χ4n) is 1.72. The van der Waals surface area contributed by atoms with Crippen molar-refractivity contribution in [1.29, 1.82) is 0 Å². The molecule has 0 aromatic heterocycles. The van der Waals surface area contributed by atoms with Crippen molar-refractivity contribution in [3.63, 3.8) is 0 Å². The lowest BCUT2D eigenvalue weighted by molar-refractivity contribution is 0.0994. The maximum Gasteiger partial charge on any atom is 0.169 e. The van der Waals surface area contributed by atoms with E-state index in [4.69, 9.17) is 28.9 Å². The number of carbonyl (C=O) groups excluding carboxylic acids is 1. The molecule has 0 atom stereocenters. The van der Waals surface area contributed by atoms with Crippen LogP contribution in [0.25, 0.3) is 0 Å². The molecule has 2 aromatic rings. The van der Waals surface area contributed by atoms with Crippen molar-refractivity contribution in [2.75, 3.05) is 5.73 Å². The Kier molecular flexibility index (Phi) is 4.08. The number of Topliss-reactive ketones (excluding diaryl/α,β-unsaturated/α-hetero) is 1. The average Bonchev–Trinajstić information content (AvgIpc) is 2.33. The molecule has 2 rings (SSSR count). The van der Waals surface area contributed by atoms with E-state index in [0.29, 0.717) is 21.8 Å². The minimum absolute atomic E-state index is 0.00521. The molecule has 0 aliphatic rings. The Hall–Kier alpha value is -1.58. The van der Waals surface area contributed by atoms with Crippen molar-refractivity contribution >= 4 is 34.7 Å². The molecule has 0 saturated carbocycles. The van der Waals surface area contributed by atoms with Crippen LogP contribution in [-0.2, 0) is 6.42 Å². The van der Waals surface area contributed by atoms with Gasteiger partial charge in [-0.25, -0.2) is 4.39 Å². The Morgan fingerprint density at radius 2 is 1.89 bits per heavy atom. The van der Waals surface area contributed by atoms with E-state index in [1.54, 1.807) is 12.1 Å². The molecule has 0 unspecified atom stereocenters. The van der Waals surface area contributed by atoms with Gasteiger partial charge in [-0.1, -0.05) is 29.3 Å². The van der Waals surface area contributed by atoms with Crippen LogP contribution in [0.4, 0.5) is 10.1 Å². The number of ketones is 1. The maximum absolute atomic E-state index is 13.0. The molecule has 5 heteroatoms. The first kappa shape index (κ1) is 13.8. The van der Waals surface area contributed by atoms with Crippen molar-refractivity contribution in [2.45, 2.75) is 6.42 Å². The van der Waals surface area contributed by atoms with Gasteiger partial charge in [-0.2, -0.15) is 0 Å². The molecule has 2 aromatic carbocycles. The molecule has 0 amide bonds. The Morgan fingerprint density at radius 1 is 1.16 bits per heavy atom.